The number of hydrogen-bond donors (Lipinski definition) is 2. The monoisotopic (exact) mass is 407 g/mol. The normalized spacial score (nSPS) is 9.90. The summed E-state index contributed by atoms with van der Waals surface area (Å²) in [6, 6.07) is 20.1. The minimum absolute atomic E-state index is 0. The average molecular weight is 408 g/mol. The average Bonchev–Trinajstić information content (AvgIpc) is 2.69. The molecule has 3 rings (SSSR count). The van der Waals surface area contributed by atoms with Gasteiger partial charge >= 0.3 is 0 Å². The van der Waals surface area contributed by atoms with Gasteiger partial charge in [0.05, 0.1) is 0 Å². The van der Waals surface area contributed by atoms with Crippen LogP contribution in [0.5, 0.6) is 0 Å². The molecule has 30 heavy (non-hydrogen) atoms. The van der Waals surface area contributed by atoms with Crippen molar-refractivity contribution in [2.45, 2.75) is 66.7 Å². The molecule has 0 radical (unpaired) electrons. The third-order valence-corrected chi connectivity index (χ3v) is 4.53. The number of anilines is 2. The van der Waals surface area contributed by atoms with E-state index in [1.807, 2.05) is 60.9 Å². The molecule has 0 fully saturated rings. The van der Waals surface area contributed by atoms with Gasteiger partial charge < -0.3 is 11.5 Å². The van der Waals surface area contributed by atoms with Crippen LogP contribution in [0.2, 0.25) is 0 Å². The third kappa shape index (κ3) is 10.7. The van der Waals surface area contributed by atoms with Gasteiger partial charge in [0, 0.05) is 23.8 Å². The molecule has 4 N–H and O–H groups in total. The predicted octanol–water partition coefficient (Wildman–Crippen LogP) is 7.63. The van der Waals surface area contributed by atoms with Gasteiger partial charge in [-0.1, -0.05) is 73.2 Å². The van der Waals surface area contributed by atoms with Crippen LogP contribution in [-0.4, -0.2) is 4.98 Å². The molecule has 0 unspecified atom stereocenters. The fourth-order valence-corrected chi connectivity index (χ4v) is 2.58. The fourth-order valence-electron chi connectivity index (χ4n) is 2.58. The van der Waals surface area contributed by atoms with Crippen LogP contribution in [0.1, 0.15) is 83.4 Å². The summed E-state index contributed by atoms with van der Waals surface area (Å²) in [7, 11) is 0. The molecule has 0 atom stereocenters. The second-order valence-electron chi connectivity index (χ2n) is 8.08. The molecule has 0 aliphatic heterocycles. The summed E-state index contributed by atoms with van der Waals surface area (Å²) in [6.45, 7) is 13.0. The maximum Gasteiger partial charge on any atom is 0.0316 e. The fraction of sp³-hybridized carbons (Fsp3) is 0.370. The van der Waals surface area contributed by atoms with E-state index in [0.717, 1.165) is 11.4 Å². The Morgan fingerprint density at radius 1 is 0.567 bits per heavy atom. The molecule has 0 saturated carbocycles. The summed E-state index contributed by atoms with van der Waals surface area (Å²) in [6.07, 6.45) is 3.66. The van der Waals surface area contributed by atoms with E-state index in [9.17, 15) is 0 Å². The van der Waals surface area contributed by atoms with Gasteiger partial charge in [-0.05, 0) is 70.8 Å². The maximum atomic E-state index is 5.60. The first-order valence-electron chi connectivity index (χ1n) is 10.3. The van der Waals surface area contributed by atoms with Crippen LogP contribution in [0, 0.1) is 0 Å². The number of nitrogens with zero attached hydrogens (tertiary/aromatic N) is 1. The van der Waals surface area contributed by atoms with Crippen LogP contribution < -0.4 is 11.5 Å². The van der Waals surface area contributed by atoms with Crippen LogP contribution in [0.4, 0.5) is 11.4 Å². The largest absolute Gasteiger partial charge is 0.399 e. The second-order valence-corrected chi connectivity index (χ2v) is 8.08. The summed E-state index contributed by atoms with van der Waals surface area (Å²) in [4.78, 5) is 3.93. The van der Waals surface area contributed by atoms with Gasteiger partial charge in [-0.2, -0.15) is 0 Å². The van der Waals surface area contributed by atoms with Gasteiger partial charge in [0.15, 0.2) is 0 Å². The highest BCUT2D eigenvalue weighted by molar-refractivity contribution is 5.42. The van der Waals surface area contributed by atoms with E-state index in [0.29, 0.717) is 17.8 Å². The standard InChI is InChI=1S/2C9H13N.C8H11N.CH4/c2*1-7(2)8-4-3-5-9(10)6-8;1-7(2)8-3-5-9-6-4-8;/h2*3-7H,10H2,1-2H3;3-7H,1-2H3;1H4. The lowest BCUT2D eigenvalue weighted by molar-refractivity contribution is 0.863. The van der Waals surface area contributed by atoms with Crippen LogP contribution in [-0.2, 0) is 0 Å². The van der Waals surface area contributed by atoms with Crippen molar-refractivity contribution in [1.82, 2.24) is 4.98 Å². The summed E-state index contributed by atoms with van der Waals surface area (Å²) in [5.41, 5.74) is 16.9. The van der Waals surface area contributed by atoms with Crippen molar-refractivity contribution in [3.8, 4) is 0 Å². The first-order chi connectivity index (χ1) is 13.7. The van der Waals surface area contributed by atoms with E-state index in [4.69, 9.17) is 11.5 Å². The Morgan fingerprint density at radius 2 is 0.933 bits per heavy atom. The zero-order chi connectivity index (χ0) is 21.8. The summed E-state index contributed by atoms with van der Waals surface area (Å²) in [5, 5.41) is 0. The molecule has 0 aliphatic rings. The number of pyridine rings is 1. The number of nitrogens with two attached hydrogens (primary N) is 2. The van der Waals surface area contributed by atoms with Gasteiger partial charge in [0.1, 0.15) is 0 Å². The number of aromatic nitrogens is 1. The molecular weight excluding hydrogens is 366 g/mol. The molecule has 0 aliphatic carbocycles. The lowest BCUT2D eigenvalue weighted by Crippen LogP contribution is -1.89. The molecule has 1 aromatic heterocycles. The highest BCUT2D eigenvalue weighted by Gasteiger charge is 1.97. The van der Waals surface area contributed by atoms with Crippen molar-refractivity contribution >= 4 is 11.4 Å². The predicted molar refractivity (Wildman–Crippen MR) is 135 cm³/mol. The molecule has 2 aromatic carbocycles. The highest BCUT2D eigenvalue weighted by Crippen LogP contribution is 2.16. The van der Waals surface area contributed by atoms with E-state index in [-0.39, 0.29) is 7.43 Å². The van der Waals surface area contributed by atoms with Crippen molar-refractivity contribution in [1.29, 1.82) is 0 Å². The van der Waals surface area contributed by atoms with Gasteiger partial charge in [0.2, 0.25) is 0 Å². The highest BCUT2D eigenvalue weighted by atomic mass is 14.6. The molecule has 3 aromatic rings. The number of nitrogen functional groups attached to an aromatic ring is 2. The van der Waals surface area contributed by atoms with Crippen LogP contribution in [0.25, 0.3) is 0 Å². The van der Waals surface area contributed by atoms with Crippen molar-refractivity contribution in [2.24, 2.45) is 0 Å². The molecule has 0 amide bonds. The topological polar surface area (TPSA) is 64.9 Å². The minimum atomic E-state index is 0. The molecule has 0 spiro atoms. The number of benzene rings is 2. The Hall–Kier alpha value is -2.81. The van der Waals surface area contributed by atoms with E-state index in [1.54, 1.807) is 0 Å². The van der Waals surface area contributed by atoms with Gasteiger partial charge in [-0.25, -0.2) is 0 Å². The smallest absolute Gasteiger partial charge is 0.0316 e. The lowest BCUT2D eigenvalue weighted by Gasteiger charge is -2.04. The zero-order valence-electron chi connectivity index (χ0n) is 18.8. The molecule has 0 saturated heterocycles. The van der Waals surface area contributed by atoms with E-state index in [1.165, 1.54) is 16.7 Å². The molecule has 3 nitrogen and oxygen atoms in total. The zero-order valence-corrected chi connectivity index (χ0v) is 18.8. The summed E-state index contributed by atoms with van der Waals surface area (Å²) in [5.74, 6) is 1.76. The summed E-state index contributed by atoms with van der Waals surface area (Å²) >= 11 is 0. The van der Waals surface area contributed by atoms with Crippen LogP contribution >= 0.6 is 0 Å². The number of hydrogen-bond acceptors (Lipinski definition) is 3. The number of rotatable bonds is 3. The maximum absolute atomic E-state index is 5.60. The Balaban J connectivity index is 0.000000414. The van der Waals surface area contributed by atoms with E-state index >= 15 is 0 Å². The minimum Gasteiger partial charge on any atom is -0.399 e. The van der Waals surface area contributed by atoms with Crippen molar-refractivity contribution < 1.29 is 0 Å². The molecule has 0 bridgehead atoms. The molecular formula is C27H41N3. The van der Waals surface area contributed by atoms with Crippen molar-refractivity contribution in [3.63, 3.8) is 0 Å². The van der Waals surface area contributed by atoms with Gasteiger partial charge in [0.25, 0.3) is 0 Å². The summed E-state index contributed by atoms with van der Waals surface area (Å²) < 4.78 is 0. The van der Waals surface area contributed by atoms with Gasteiger partial charge in [-0.15, -0.1) is 0 Å². The Kier molecular flexibility index (Phi) is 12.9. The van der Waals surface area contributed by atoms with E-state index < -0.39 is 0 Å². The van der Waals surface area contributed by atoms with Crippen molar-refractivity contribution in [2.75, 3.05) is 11.5 Å². The third-order valence-electron chi connectivity index (χ3n) is 4.53. The van der Waals surface area contributed by atoms with Crippen LogP contribution in [0.15, 0.2) is 73.1 Å². The Bertz CT molecular complexity index is 775. The van der Waals surface area contributed by atoms with Gasteiger partial charge in [-0.3, -0.25) is 4.98 Å². The Labute approximate surface area is 184 Å². The first kappa shape index (κ1) is 27.2. The SMILES string of the molecule is C.CC(C)c1cccc(N)c1.CC(C)c1cccc(N)c1.CC(C)c1ccncc1. The first-order valence-corrected chi connectivity index (χ1v) is 10.3. The molecule has 1 heterocycles. The Morgan fingerprint density at radius 3 is 1.17 bits per heavy atom. The quantitative estimate of drug-likeness (QED) is 0.439. The lowest BCUT2D eigenvalue weighted by atomic mass is 10.0. The van der Waals surface area contributed by atoms with E-state index in [2.05, 4.69) is 58.7 Å². The molecule has 164 valence electrons. The van der Waals surface area contributed by atoms with Crippen molar-refractivity contribution in [3.05, 3.63) is 89.7 Å². The second kappa shape index (κ2) is 14.2. The van der Waals surface area contributed by atoms with Crippen LogP contribution in [0.3, 0.4) is 0 Å². The molecule has 3 heteroatoms.